The van der Waals surface area contributed by atoms with Crippen LogP contribution in [0.2, 0.25) is 0 Å². The van der Waals surface area contributed by atoms with Crippen LogP contribution in [0.3, 0.4) is 0 Å². The lowest BCUT2D eigenvalue weighted by Crippen LogP contribution is -2.65. The Morgan fingerprint density at radius 3 is 2.07 bits per heavy atom. The zero-order valence-electron chi connectivity index (χ0n) is 24.0. The van der Waals surface area contributed by atoms with Crippen molar-refractivity contribution in [2.24, 2.45) is 5.92 Å². The minimum Gasteiger partial charge on any atom is -0.491 e. The minimum absolute atomic E-state index is 0.0871. The van der Waals surface area contributed by atoms with Crippen LogP contribution >= 0.6 is 0 Å². The molecule has 7 nitrogen and oxygen atoms in total. The molecule has 3 fully saturated rings. The average molecular weight is 558 g/mol. The second kappa shape index (κ2) is 12.5. The molecule has 0 saturated carbocycles. The van der Waals surface area contributed by atoms with Crippen molar-refractivity contribution >= 4 is 11.9 Å². The van der Waals surface area contributed by atoms with E-state index in [2.05, 4.69) is 5.32 Å². The summed E-state index contributed by atoms with van der Waals surface area (Å²) in [4.78, 5) is 26.4. The Kier molecular flexibility index (Phi) is 8.76. The van der Waals surface area contributed by atoms with Crippen LogP contribution in [0.25, 0.3) is 0 Å². The molecule has 3 aliphatic rings. The summed E-state index contributed by atoms with van der Waals surface area (Å²) in [5, 5.41) is 14.9. The summed E-state index contributed by atoms with van der Waals surface area (Å²) >= 11 is 0. The van der Waals surface area contributed by atoms with E-state index in [0.29, 0.717) is 29.2 Å². The van der Waals surface area contributed by atoms with Crippen molar-refractivity contribution in [2.75, 3.05) is 32.7 Å². The van der Waals surface area contributed by atoms with Gasteiger partial charge in [-0.3, -0.25) is 4.79 Å². The van der Waals surface area contributed by atoms with Crippen LogP contribution in [0.1, 0.15) is 54.6 Å². The third-order valence-electron chi connectivity index (χ3n) is 8.56. The van der Waals surface area contributed by atoms with E-state index in [1.807, 2.05) is 62.4 Å². The monoisotopic (exact) mass is 557 g/mol. The van der Waals surface area contributed by atoms with Crippen molar-refractivity contribution < 1.29 is 28.7 Å². The summed E-state index contributed by atoms with van der Waals surface area (Å²) in [5.74, 6) is 0.342. The van der Waals surface area contributed by atoms with Crippen LogP contribution in [-0.2, 0) is 15.1 Å². The van der Waals surface area contributed by atoms with Gasteiger partial charge in [-0.15, -0.1) is 0 Å². The zero-order chi connectivity index (χ0) is 28.9. The Morgan fingerprint density at radius 2 is 1.51 bits per heavy atom. The fourth-order valence-electron chi connectivity index (χ4n) is 6.33. The quantitative estimate of drug-likeness (QED) is 0.203. The highest BCUT2D eigenvalue weighted by molar-refractivity contribution is 5.94. The molecule has 6 rings (SSSR count). The number of benzene rings is 3. The maximum Gasteiger partial charge on any atom is 0.348 e. The van der Waals surface area contributed by atoms with E-state index in [-0.39, 0.29) is 18.1 Å². The third-order valence-corrected chi connectivity index (χ3v) is 8.56. The molecule has 1 amide bonds. The van der Waals surface area contributed by atoms with Crippen LogP contribution in [0.15, 0.2) is 84.9 Å². The predicted octanol–water partition coefficient (Wildman–Crippen LogP) is 4.68. The van der Waals surface area contributed by atoms with Gasteiger partial charge < -0.3 is 24.4 Å². The molecule has 2 bridgehead atoms. The number of esters is 1. The standard InChI is InChI=1S/C34H40N2O5/c1-25(2)40-30-16-14-27(15-17-30)32(37)35-20-9-21-36-22-18-26(19-23-36)31(24-36)41-33(38)34(39,28-10-5-3-6-11-28)29-12-7-4-8-13-29/h3-8,10-17,25-26,31,39H,9,18-24H2,1-2H3/p+1. The van der Waals surface area contributed by atoms with E-state index in [1.165, 1.54) is 0 Å². The molecule has 0 aliphatic carbocycles. The summed E-state index contributed by atoms with van der Waals surface area (Å²) < 4.78 is 12.7. The van der Waals surface area contributed by atoms with Crippen LogP contribution in [-0.4, -0.2) is 66.4 Å². The molecular formula is C34H41N2O5+. The summed E-state index contributed by atoms with van der Waals surface area (Å²) in [6.07, 6.45) is 2.66. The van der Waals surface area contributed by atoms with Crippen LogP contribution in [0.4, 0.5) is 0 Å². The van der Waals surface area contributed by atoms with Gasteiger partial charge in [0.2, 0.25) is 5.60 Å². The van der Waals surface area contributed by atoms with Crippen molar-refractivity contribution in [2.45, 2.75) is 50.9 Å². The number of ether oxygens (including phenoxy) is 2. The van der Waals surface area contributed by atoms with Crippen molar-refractivity contribution in [3.63, 3.8) is 0 Å². The number of amides is 1. The van der Waals surface area contributed by atoms with Crippen LogP contribution in [0.5, 0.6) is 5.75 Å². The fourth-order valence-corrected chi connectivity index (χ4v) is 6.33. The number of carbonyl (C=O) groups excluding carboxylic acids is 2. The number of carbonyl (C=O) groups is 2. The van der Waals surface area contributed by atoms with Crippen LogP contribution < -0.4 is 10.1 Å². The van der Waals surface area contributed by atoms with E-state index >= 15 is 0 Å². The molecule has 41 heavy (non-hydrogen) atoms. The predicted molar refractivity (Wildman–Crippen MR) is 157 cm³/mol. The van der Waals surface area contributed by atoms with Gasteiger partial charge in [-0.2, -0.15) is 0 Å². The molecule has 1 unspecified atom stereocenters. The topological polar surface area (TPSA) is 84.9 Å². The Morgan fingerprint density at radius 1 is 0.927 bits per heavy atom. The zero-order valence-corrected chi connectivity index (χ0v) is 24.0. The molecule has 3 aliphatic heterocycles. The third kappa shape index (κ3) is 6.47. The molecule has 3 heterocycles. The SMILES string of the molecule is CC(C)Oc1ccc(C(=O)NCCC[N+]23CCC(CC2)C(OC(=O)C(O)(c2ccccc2)c2ccccc2)C3)cc1. The first kappa shape index (κ1) is 28.8. The van der Waals surface area contributed by atoms with Gasteiger partial charge in [0.1, 0.15) is 12.3 Å². The number of fused-ring (bicyclic) bond motifs is 3. The lowest BCUT2D eigenvalue weighted by atomic mass is 9.82. The molecule has 2 N–H and O–H groups in total. The van der Waals surface area contributed by atoms with Crippen molar-refractivity contribution in [3.05, 3.63) is 102 Å². The maximum atomic E-state index is 13.7. The lowest BCUT2D eigenvalue weighted by molar-refractivity contribution is -0.946. The van der Waals surface area contributed by atoms with Crippen molar-refractivity contribution in [1.29, 1.82) is 0 Å². The second-order valence-corrected chi connectivity index (χ2v) is 11.7. The van der Waals surface area contributed by atoms with Gasteiger partial charge in [-0.1, -0.05) is 60.7 Å². The summed E-state index contributed by atoms with van der Waals surface area (Å²) in [6, 6.07) is 25.3. The first-order valence-corrected chi connectivity index (χ1v) is 14.7. The molecule has 0 radical (unpaired) electrons. The van der Waals surface area contributed by atoms with Crippen molar-refractivity contribution in [3.8, 4) is 5.75 Å². The minimum atomic E-state index is -1.87. The second-order valence-electron chi connectivity index (χ2n) is 11.7. The number of nitrogens with zero attached hydrogens (tertiary/aromatic N) is 1. The van der Waals surface area contributed by atoms with Gasteiger partial charge in [0.15, 0.2) is 6.10 Å². The molecule has 3 saturated heterocycles. The molecular weight excluding hydrogens is 516 g/mol. The Labute approximate surface area is 242 Å². The summed E-state index contributed by atoms with van der Waals surface area (Å²) in [5.41, 5.74) is -0.260. The number of hydrogen-bond acceptors (Lipinski definition) is 5. The fraction of sp³-hybridized carbons (Fsp3) is 0.412. The largest absolute Gasteiger partial charge is 0.491 e. The highest BCUT2D eigenvalue weighted by atomic mass is 16.6. The Bertz CT molecular complexity index is 1260. The van der Waals surface area contributed by atoms with Gasteiger partial charge in [-0.05, 0) is 49.2 Å². The van der Waals surface area contributed by atoms with Gasteiger partial charge in [0.05, 0.1) is 25.7 Å². The van der Waals surface area contributed by atoms with E-state index in [0.717, 1.165) is 55.7 Å². The van der Waals surface area contributed by atoms with E-state index in [4.69, 9.17) is 9.47 Å². The molecule has 7 heteroatoms. The maximum absolute atomic E-state index is 13.7. The van der Waals surface area contributed by atoms with Gasteiger partial charge in [-0.25, -0.2) is 4.79 Å². The van der Waals surface area contributed by atoms with E-state index in [1.54, 1.807) is 36.4 Å². The van der Waals surface area contributed by atoms with Crippen molar-refractivity contribution in [1.82, 2.24) is 5.32 Å². The Balaban J connectivity index is 1.18. The molecule has 3 aromatic carbocycles. The highest BCUT2D eigenvalue weighted by Crippen LogP contribution is 2.38. The number of aliphatic hydroxyl groups is 1. The molecule has 3 aromatic rings. The number of hydrogen-bond donors (Lipinski definition) is 2. The van der Waals surface area contributed by atoms with E-state index in [9.17, 15) is 14.7 Å². The van der Waals surface area contributed by atoms with Gasteiger partial charge >= 0.3 is 5.97 Å². The summed E-state index contributed by atoms with van der Waals surface area (Å²) in [7, 11) is 0. The first-order chi connectivity index (χ1) is 19.8. The Hall–Kier alpha value is -3.68. The van der Waals surface area contributed by atoms with Gasteiger partial charge in [0, 0.05) is 37.3 Å². The molecule has 0 aromatic heterocycles. The number of nitrogens with one attached hydrogen (secondary N) is 1. The highest BCUT2D eigenvalue weighted by Gasteiger charge is 2.50. The summed E-state index contributed by atoms with van der Waals surface area (Å²) in [6.45, 7) is 8.26. The number of rotatable bonds is 11. The number of piperidine rings is 3. The smallest absolute Gasteiger partial charge is 0.348 e. The van der Waals surface area contributed by atoms with E-state index < -0.39 is 11.6 Å². The molecule has 1 atom stereocenters. The number of quaternary nitrogens is 1. The molecule has 0 spiro atoms. The van der Waals surface area contributed by atoms with Gasteiger partial charge in [0.25, 0.3) is 5.91 Å². The normalized spacial score (nSPS) is 21.9. The van der Waals surface area contributed by atoms with Crippen LogP contribution in [0, 0.1) is 5.92 Å². The lowest BCUT2D eigenvalue weighted by Gasteiger charge is -2.52. The first-order valence-electron chi connectivity index (χ1n) is 14.7. The molecule has 216 valence electrons. The average Bonchev–Trinajstić information content (AvgIpc) is 3.00.